The fraction of sp³-hybridized carbons (Fsp3) is 0.115. The third-order valence-corrected chi connectivity index (χ3v) is 6.67. The van der Waals surface area contributed by atoms with Gasteiger partial charge in [-0.2, -0.15) is 0 Å². The van der Waals surface area contributed by atoms with E-state index in [1.165, 1.54) is 11.0 Å². The third kappa shape index (κ3) is 5.96. The number of hydrogen-bond acceptors (Lipinski definition) is 6. The van der Waals surface area contributed by atoms with E-state index in [0.717, 1.165) is 17.3 Å². The first kappa shape index (κ1) is 25.0. The van der Waals surface area contributed by atoms with Crippen LogP contribution in [0.15, 0.2) is 76.1 Å². The van der Waals surface area contributed by atoms with Crippen molar-refractivity contribution in [3.8, 4) is 11.5 Å². The van der Waals surface area contributed by atoms with E-state index in [0.29, 0.717) is 37.9 Å². The van der Waals surface area contributed by atoms with Gasteiger partial charge in [-0.05, 0) is 82.2 Å². The molecule has 1 aliphatic rings. The lowest BCUT2D eigenvalue weighted by Crippen LogP contribution is -2.27. The Hall–Kier alpha value is -3.07. The summed E-state index contributed by atoms with van der Waals surface area (Å²) in [6, 6.07) is 19.1. The van der Waals surface area contributed by atoms with Crippen LogP contribution in [-0.4, -0.2) is 28.6 Å². The lowest BCUT2D eigenvalue weighted by atomic mass is 10.1. The molecule has 0 saturated carbocycles. The van der Waals surface area contributed by atoms with Crippen molar-refractivity contribution in [1.82, 2.24) is 4.90 Å². The van der Waals surface area contributed by atoms with Crippen LogP contribution in [0.2, 0.25) is 5.02 Å². The molecule has 1 aliphatic heterocycles. The number of benzene rings is 3. The molecule has 1 heterocycles. The zero-order valence-corrected chi connectivity index (χ0v) is 21.7. The van der Waals surface area contributed by atoms with Crippen LogP contribution in [0.4, 0.5) is 4.79 Å². The Morgan fingerprint density at radius 1 is 1.09 bits per heavy atom. The number of thioether (sulfide) groups is 1. The van der Waals surface area contributed by atoms with E-state index < -0.39 is 5.97 Å². The first-order valence-electron chi connectivity index (χ1n) is 10.6. The summed E-state index contributed by atoms with van der Waals surface area (Å²) in [5.41, 5.74) is 1.76. The third-order valence-electron chi connectivity index (χ3n) is 4.94. The van der Waals surface area contributed by atoms with E-state index in [1.54, 1.807) is 43.3 Å². The van der Waals surface area contributed by atoms with E-state index in [2.05, 4.69) is 15.9 Å². The van der Waals surface area contributed by atoms with Gasteiger partial charge >= 0.3 is 5.97 Å². The van der Waals surface area contributed by atoms with Crippen molar-refractivity contribution < 1.29 is 23.9 Å². The molecule has 0 N–H and O–H groups in total. The van der Waals surface area contributed by atoms with Gasteiger partial charge in [0.15, 0.2) is 11.5 Å². The summed E-state index contributed by atoms with van der Waals surface area (Å²) < 4.78 is 11.7. The normalized spacial score (nSPS) is 14.5. The van der Waals surface area contributed by atoms with Gasteiger partial charge in [-0.3, -0.25) is 14.5 Å². The Bertz CT molecular complexity index is 1330. The molecule has 4 rings (SSSR count). The number of halogens is 2. The summed E-state index contributed by atoms with van der Waals surface area (Å²) >= 11 is 10.3. The van der Waals surface area contributed by atoms with Crippen LogP contribution in [0.5, 0.6) is 11.5 Å². The molecule has 0 radical (unpaired) electrons. The minimum atomic E-state index is -0.594. The van der Waals surface area contributed by atoms with Gasteiger partial charge < -0.3 is 9.47 Å². The largest absolute Gasteiger partial charge is 0.490 e. The Balaban J connectivity index is 1.59. The molecule has 0 bridgehead atoms. The maximum atomic E-state index is 12.9. The molecule has 3 aromatic carbocycles. The topological polar surface area (TPSA) is 72.9 Å². The number of hydrogen-bond donors (Lipinski definition) is 0. The number of imide groups is 1. The predicted molar refractivity (Wildman–Crippen MR) is 140 cm³/mol. The fourth-order valence-electron chi connectivity index (χ4n) is 3.35. The summed E-state index contributed by atoms with van der Waals surface area (Å²) in [5, 5.41) is 0.0846. The summed E-state index contributed by atoms with van der Waals surface area (Å²) in [6.07, 6.45) is 1.62. The van der Waals surface area contributed by atoms with Gasteiger partial charge in [-0.15, -0.1) is 0 Å². The molecule has 2 amide bonds. The average molecular weight is 573 g/mol. The highest BCUT2D eigenvalue weighted by molar-refractivity contribution is 9.10. The Morgan fingerprint density at radius 3 is 2.57 bits per heavy atom. The van der Waals surface area contributed by atoms with Crippen LogP contribution >= 0.6 is 39.3 Å². The quantitative estimate of drug-likeness (QED) is 0.173. The van der Waals surface area contributed by atoms with Crippen LogP contribution in [-0.2, 0) is 11.3 Å². The molecule has 9 heteroatoms. The SMILES string of the molecule is CCOc1cc(/C=C2\SC(=O)N(Cc3ccccc3)C2=O)cc(Br)c1OC(=O)c1cccc(Cl)c1. The van der Waals surface area contributed by atoms with Crippen molar-refractivity contribution in [2.75, 3.05) is 6.61 Å². The zero-order chi connectivity index (χ0) is 24.9. The lowest BCUT2D eigenvalue weighted by Gasteiger charge is -2.14. The van der Waals surface area contributed by atoms with Gasteiger partial charge in [0.2, 0.25) is 0 Å². The van der Waals surface area contributed by atoms with Gasteiger partial charge in [0.25, 0.3) is 11.1 Å². The molecule has 0 spiro atoms. The maximum absolute atomic E-state index is 12.9. The maximum Gasteiger partial charge on any atom is 0.343 e. The monoisotopic (exact) mass is 571 g/mol. The summed E-state index contributed by atoms with van der Waals surface area (Å²) in [7, 11) is 0. The van der Waals surface area contributed by atoms with Gasteiger partial charge in [0, 0.05) is 5.02 Å². The van der Waals surface area contributed by atoms with Crippen molar-refractivity contribution in [3.05, 3.63) is 97.8 Å². The van der Waals surface area contributed by atoms with E-state index in [9.17, 15) is 14.4 Å². The first-order chi connectivity index (χ1) is 16.9. The molecule has 178 valence electrons. The van der Waals surface area contributed by atoms with Crippen LogP contribution in [0.3, 0.4) is 0 Å². The fourth-order valence-corrected chi connectivity index (χ4v) is 4.92. The van der Waals surface area contributed by atoms with Crippen molar-refractivity contribution in [2.24, 2.45) is 0 Å². The Morgan fingerprint density at radius 2 is 1.86 bits per heavy atom. The standard InChI is InChI=1S/C26H19BrClNO5S/c1-2-33-21-12-17(11-20(27)23(21)34-25(31)18-9-6-10-19(28)14-18)13-22-24(30)29(26(32)35-22)15-16-7-4-3-5-8-16/h3-14H,2,15H2,1H3/b22-13-. The van der Waals surface area contributed by atoms with E-state index in [1.807, 2.05) is 30.3 Å². The molecule has 35 heavy (non-hydrogen) atoms. The molecular weight excluding hydrogens is 554 g/mol. The van der Waals surface area contributed by atoms with E-state index in [-0.39, 0.29) is 23.4 Å². The van der Waals surface area contributed by atoms with E-state index in [4.69, 9.17) is 21.1 Å². The molecule has 0 unspecified atom stereocenters. The number of nitrogens with zero attached hydrogens (tertiary/aromatic N) is 1. The molecular formula is C26H19BrClNO5S. The summed E-state index contributed by atoms with van der Waals surface area (Å²) in [4.78, 5) is 39.5. The molecule has 1 fully saturated rings. The van der Waals surface area contributed by atoms with Crippen molar-refractivity contribution >= 4 is 62.5 Å². The molecule has 3 aromatic rings. The number of carbonyl (C=O) groups excluding carboxylic acids is 3. The Labute approximate surface area is 220 Å². The summed E-state index contributed by atoms with van der Waals surface area (Å²) in [5.74, 6) is -0.448. The number of amides is 2. The molecule has 0 aliphatic carbocycles. The average Bonchev–Trinajstić information content (AvgIpc) is 3.09. The van der Waals surface area contributed by atoms with Crippen LogP contribution in [0, 0.1) is 0 Å². The van der Waals surface area contributed by atoms with Gasteiger partial charge in [-0.25, -0.2) is 4.79 Å². The molecule has 0 aromatic heterocycles. The Kier molecular flexibility index (Phi) is 7.95. The summed E-state index contributed by atoms with van der Waals surface area (Å²) in [6.45, 7) is 2.33. The minimum absolute atomic E-state index is 0.200. The van der Waals surface area contributed by atoms with Gasteiger partial charge in [-0.1, -0.05) is 48.0 Å². The predicted octanol–water partition coefficient (Wildman–Crippen LogP) is 6.96. The second-order valence-electron chi connectivity index (χ2n) is 7.42. The second kappa shape index (κ2) is 11.1. The molecule has 1 saturated heterocycles. The van der Waals surface area contributed by atoms with Crippen molar-refractivity contribution in [2.45, 2.75) is 13.5 Å². The number of rotatable bonds is 7. The highest BCUT2D eigenvalue weighted by Gasteiger charge is 2.35. The number of ether oxygens (including phenoxy) is 2. The second-order valence-corrected chi connectivity index (χ2v) is 9.70. The van der Waals surface area contributed by atoms with Gasteiger partial charge in [0.1, 0.15) is 0 Å². The van der Waals surface area contributed by atoms with E-state index >= 15 is 0 Å². The van der Waals surface area contributed by atoms with Crippen LogP contribution in [0.25, 0.3) is 6.08 Å². The highest BCUT2D eigenvalue weighted by atomic mass is 79.9. The smallest absolute Gasteiger partial charge is 0.343 e. The number of carbonyl (C=O) groups is 3. The minimum Gasteiger partial charge on any atom is -0.490 e. The van der Waals surface area contributed by atoms with Gasteiger partial charge in [0.05, 0.1) is 28.1 Å². The molecule has 0 atom stereocenters. The van der Waals surface area contributed by atoms with Crippen molar-refractivity contribution in [1.29, 1.82) is 0 Å². The van der Waals surface area contributed by atoms with Crippen LogP contribution in [0.1, 0.15) is 28.4 Å². The highest BCUT2D eigenvalue weighted by Crippen LogP contribution is 2.40. The van der Waals surface area contributed by atoms with Crippen LogP contribution < -0.4 is 9.47 Å². The van der Waals surface area contributed by atoms with Crippen molar-refractivity contribution in [3.63, 3.8) is 0 Å². The first-order valence-corrected chi connectivity index (χ1v) is 12.6. The lowest BCUT2D eigenvalue weighted by molar-refractivity contribution is -0.123. The zero-order valence-electron chi connectivity index (χ0n) is 18.5. The number of esters is 1. The molecule has 6 nitrogen and oxygen atoms in total.